The predicted octanol–water partition coefficient (Wildman–Crippen LogP) is 4.24. The number of halogens is 2. The Kier molecular flexibility index (Phi) is 9.14. The van der Waals surface area contributed by atoms with Crippen molar-refractivity contribution >= 4 is 5.91 Å². The van der Waals surface area contributed by atoms with E-state index in [0.717, 1.165) is 30.9 Å². The van der Waals surface area contributed by atoms with Crippen molar-refractivity contribution in [2.75, 3.05) is 6.54 Å². The Morgan fingerprint density at radius 1 is 1.03 bits per heavy atom. The van der Waals surface area contributed by atoms with E-state index in [0.29, 0.717) is 5.56 Å². The van der Waals surface area contributed by atoms with Crippen LogP contribution in [0.1, 0.15) is 57.2 Å². The molecule has 2 rings (SSSR count). The second-order valence-electron chi connectivity index (χ2n) is 8.08. The molecule has 0 aliphatic carbocycles. The zero-order chi connectivity index (χ0) is 23.0. The number of aliphatic hydroxyl groups excluding tert-OH is 1. The van der Waals surface area contributed by atoms with Gasteiger partial charge in [0, 0.05) is 25.1 Å². The van der Waals surface area contributed by atoms with E-state index in [4.69, 9.17) is 0 Å². The first-order valence-electron chi connectivity index (χ1n) is 11.0. The molecule has 0 saturated carbocycles. The van der Waals surface area contributed by atoms with Crippen LogP contribution < -0.4 is 10.6 Å². The summed E-state index contributed by atoms with van der Waals surface area (Å²) in [6.07, 6.45) is 1.76. The Morgan fingerprint density at radius 2 is 1.68 bits per heavy atom. The van der Waals surface area contributed by atoms with Gasteiger partial charge < -0.3 is 15.7 Å². The highest BCUT2D eigenvalue weighted by Crippen LogP contribution is 2.29. The summed E-state index contributed by atoms with van der Waals surface area (Å²) in [5.41, 5.74) is 2.46. The molecule has 6 heteroatoms. The normalized spacial score (nSPS) is 13.6. The van der Waals surface area contributed by atoms with Crippen LogP contribution in [-0.4, -0.2) is 29.7 Å². The molecule has 0 heterocycles. The van der Waals surface area contributed by atoms with Gasteiger partial charge in [0.25, 0.3) is 0 Å². The first-order valence-corrected chi connectivity index (χ1v) is 11.0. The van der Waals surface area contributed by atoms with Gasteiger partial charge in [-0.3, -0.25) is 4.79 Å². The topological polar surface area (TPSA) is 61.4 Å². The fourth-order valence-electron chi connectivity index (χ4n) is 4.07. The summed E-state index contributed by atoms with van der Waals surface area (Å²) in [6.45, 7) is 7.90. The number of rotatable bonds is 11. The smallest absolute Gasteiger partial charge is 0.217 e. The van der Waals surface area contributed by atoms with Gasteiger partial charge in [0.05, 0.1) is 12.1 Å². The number of hydrogen-bond acceptors (Lipinski definition) is 3. The highest BCUT2D eigenvalue weighted by molar-refractivity contribution is 5.73. The van der Waals surface area contributed by atoms with Gasteiger partial charge in [-0.25, -0.2) is 8.78 Å². The highest BCUT2D eigenvalue weighted by Gasteiger charge is 2.30. The average Bonchev–Trinajstić information content (AvgIpc) is 2.73. The molecule has 1 amide bonds. The molecular weight excluding hydrogens is 398 g/mol. The molecule has 2 aromatic rings. The summed E-state index contributed by atoms with van der Waals surface area (Å²) in [5.74, 6) is -1.68. The number of nitrogens with one attached hydrogen (secondary N) is 2. The molecule has 170 valence electrons. The molecule has 0 aromatic heterocycles. The second kappa shape index (κ2) is 11.3. The molecule has 0 aliphatic heterocycles. The number of aliphatic hydroxyl groups is 1. The molecular formula is C25H34F2N2O2. The summed E-state index contributed by atoms with van der Waals surface area (Å²) < 4.78 is 27.2. The third-order valence-corrected chi connectivity index (χ3v) is 5.98. The number of carbonyl (C=O) groups excluding carboxylic acids is 1. The number of hydrogen-bond donors (Lipinski definition) is 3. The summed E-state index contributed by atoms with van der Waals surface area (Å²) in [7, 11) is 0. The monoisotopic (exact) mass is 432 g/mol. The highest BCUT2D eigenvalue weighted by atomic mass is 19.1. The Labute approximate surface area is 184 Å². The van der Waals surface area contributed by atoms with Crippen molar-refractivity contribution in [1.82, 2.24) is 10.6 Å². The molecule has 0 bridgehead atoms. The van der Waals surface area contributed by atoms with E-state index in [1.54, 1.807) is 0 Å². The predicted molar refractivity (Wildman–Crippen MR) is 120 cm³/mol. The van der Waals surface area contributed by atoms with E-state index in [-0.39, 0.29) is 24.4 Å². The van der Waals surface area contributed by atoms with Crippen molar-refractivity contribution in [2.45, 2.75) is 71.1 Å². The zero-order valence-electron chi connectivity index (χ0n) is 18.8. The van der Waals surface area contributed by atoms with Crippen molar-refractivity contribution in [3.63, 3.8) is 0 Å². The van der Waals surface area contributed by atoms with E-state index in [1.165, 1.54) is 24.6 Å². The molecule has 31 heavy (non-hydrogen) atoms. The fourth-order valence-corrected chi connectivity index (χ4v) is 4.07. The lowest BCUT2D eigenvalue weighted by Gasteiger charge is -2.36. The van der Waals surface area contributed by atoms with E-state index < -0.39 is 23.8 Å². The van der Waals surface area contributed by atoms with Gasteiger partial charge in [0.1, 0.15) is 11.6 Å². The molecule has 0 spiro atoms. The molecule has 0 fully saturated rings. The van der Waals surface area contributed by atoms with Gasteiger partial charge >= 0.3 is 0 Å². The molecule has 0 aliphatic rings. The molecule has 0 radical (unpaired) electrons. The van der Waals surface area contributed by atoms with Crippen LogP contribution in [0.25, 0.3) is 0 Å². The fraction of sp³-hybridized carbons (Fsp3) is 0.480. The Balaban J connectivity index is 2.20. The van der Waals surface area contributed by atoms with Gasteiger partial charge in [0.2, 0.25) is 5.91 Å². The van der Waals surface area contributed by atoms with E-state index in [2.05, 4.69) is 49.6 Å². The van der Waals surface area contributed by atoms with Crippen LogP contribution in [0.15, 0.2) is 42.5 Å². The minimum Gasteiger partial charge on any atom is -0.390 e. The lowest BCUT2D eigenvalue weighted by molar-refractivity contribution is -0.120. The van der Waals surface area contributed by atoms with E-state index in [1.807, 2.05) is 6.07 Å². The van der Waals surface area contributed by atoms with Gasteiger partial charge in [0.15, 0.2) is 0 Å². The maximum absolute atomic E-state index is 13.6. The largest absolute Gasteiger partial charge is 0.390 e. The summed E-state index contributed by atoms with van der Waals surface area (Å²) >= 11 is 0. The zero-order valence-corrected chi connectivity index (χ0v) is 18.8. The Bertz CT molecular complexity index is 848. The number of aryl methyl sites for hydroxylation is 1. The molecule has 0 saturated heterocycles. The second-order valence-corrected chi connectivity index (χ2v) is 8.08. The van der Waals surface area contributed by atoms with Gasteiger partial charge in [-0.2, -0.15) is 0 Å². The van der Waals surface area contributed by atoms with Crippen LogP contribution in [0.4, 0.5) is 8.78 Å². The van der Waals surface area contributed by atoms with Crippen LogP contribution in [0.5, 0.6) is 0 Å². The lowest BCUT2D eigenvalue weighted by atomic mass is 9.83. The van der Waals surface area contributed by atoms with Crippen molar-refractivity contribution in [3.8, 4) is 0 Å². The van der Waals surface area contributed by atoms with Gasteiger partial charge in [-0.15, -0.1) is 0 Å². The van der Waals surface area contributed by atoms with Crippen LogP contribution in [-0.2, 0) is 23.2 Å². The lowest BCUT2D eigenvalue weighted by Crippen LogP contribution is -2.52. The summed E-state index contributed by atoms with van der Waals surface area (Å²) in [6, 6.07) is 11.0. The number of amides is 1. The van der Waals surface area contributed by atoms with E-state index >= 15 is 0 Å². The third kappa shape index (κ3) is 6.84. The number of carbonyl (C=O) groups is 1. The molecule has 2 unspecified atom stereocenters. The molecule has 2 aromatic carbocycles. The summed E-state index contributed by atoms with van der Waals surface area (Å²) in [4.78, 5) is 11.7. The van der Waals surface area contributed by atoms with E-state index in [9.17, 15) is 18.7 Å². The van der Waals surface area contributed by atoms with Crippen LogP contribution in [0.2, 0.25) is 0 Å². The van der Waals surface area contributed by atoms with Crippen molar-refractivity contribution < 1.29 is 18.7 Å². The Morgan fingerprint density at radius 3 is 2.23 bits per heavy atom. The summed E-state index contributed by atoms with van der Waals surface area (Å²) in [5, 5.41) is 17.1. The Hall–Kier alpha value is -2.31. The standard InChI is InChI=1S/C25H34F2N2O2/c1-5-18-9-8-10-20(11-18)25(6-2,7-3)28-16-24(31)23(29-17(4)30)14-19-12-21(26)15-22(27)13-19/h8-13,15,23-24,28,31H,5-7,14,16H2,1-4H3,(H,29,30). The SMILES string of the molecule is CCc1cccc(C(CC)(CC)NCC(O)C(Cc2cc(F)cc(F)c2)NC(C)=O)c1. The minimum absolute atomic E-state index is 0.119. The average molecular weight is 433 g/mol. The number of benzene rings is 2. The van der Waals surface area contributed by atoms with Crippen LogP contribution in [0, 0.1) is 11.6 Å². The quantitative estimate of drug-likeness (QED) is 0.498. The first-order chi connectivity index (χ1) is 14.7. The molecule has 4 nitrogen and oxygen atoms in total. The van der Waals surface area contributed by atoms with Gasteiger partial charge in [-0.05, 0) is 54.5 Å². The first kappa shape index (κ1) is 25.0. The molecule has 2 atom stereocenters. The van der Waals surface area contributed by atoms with Crippen LogP contribution >= 0.6 is 0 Å². The van der Waals surface area contributed by atoms with Crippen molar-refractivity contribution in [1.29, 1.82) is 0 Å². The van der Waals surface area contributed by atoms with Crippen molar-refractivity contribution in [2.24, 2.45) is 0 Å². The minimum atomic E-state index is -0.943. The molecule has 3 N–H and O–H groups in total. The maximum Gasteiger partial charge on any atom is 0.217 e. The maximum atomic E-state index is 13.6. The van der Waals surface area contributed by atoms with Crippen LogP contribution in [0.3, 0.4) is 0 Å². The third-order valence-electron chi connectivity index (χ3n) is 5.98. The van der Waals surface area contributed by atoms with Gasteiger partial charge in [-0.1, -0.05) is 45.0 Å². The van der Waals surface area contributed by atoms with Crippen molar-refractivity contribution in [3.05, 3.63) is 70.8 Å².